The summed E-state index contributed by atoms with van der Waals surface area (Å²) in [4.78, 5) is 21.7. The van der Waals surface area contributed by atoms with Crippen molar-refractivity contribution in [2.75, 3.05) is 7.05 Å². The van der Waals surface area contributed by atoms with Crippen molar-refractivity contribution in [1.29, 1.82) is 0 Å². The molecule has 0 aliphatic heterocycles. The van der Waals surface area contributed by atoms with Crippen LogP contribution < -0.4 is 5.32 Å². The largest absolute Gasteiger partial charge is 0.355 e. The van der Waals surface area contributed by atoms with Crippen molar-refractivity contribution >= 4 is 34.8 Å². The molecule has 13 heavy (non-hydrogen) atoms. The molecule has 3 nitrogen and oxygen atoms in total. The van der Waals surface area contributed by atoms with E-state index in [4.69, 9.17) is 0 Å². The van der Waals surface area contributed by atoms with Crippen LogP contribution in [0.25, 0.3) is 0 Å². The topological polar surface area (TPSA) is 46.2 Å². The molecule has 0 aliphatic carbocycles. The maximum atomic E-state index is 11.2. The predicted octanol–water partition coefficient (Wildman–Crippen LogP) is 1.46. The highest BCUT2D eigenvalue weighted by atomic mass is 127. The molecule has 1 N–H and O–H groups in total. The summed E-state index contributed by atoms with van der Waals surface area (Å²) in [6.07, 6.45) is 0.731. The van der Waals surface area contributed by atoms with Gasteiger partial charge in [0.25, 0.3) is 5.91 Å². The Balaban J connectivity index is 3.15. The van der Waals surface area contributed by atoms with Crippen molar-refractivity contribution in [3.63, 3.8) is 0 Å². The van der Waals surface area contributed by atoms with E-state index in [9.17, 15) is 9.59 Å². The fourth-order valence-corrected chi connectivity index (χ4v) is 1.65. The van der Waals surface area contributed by atoms with Crippen LogP contribution in [0.1, 0.15) is 20.7 Å². The van der Waals surface area contributed by atoms with Crippen LogP contribution in [0.2, 0.25) is 0 Å². The fourth-order valence-electron chi connectivity index (χ4n) is 0.956. The Morgan fingerprint density at radius 2 is 2.15 bits per heavy atom. The smallest absolute Gasteiger partial charge is 0.251 e. The average molecular weight is 289 g/mol. The van der Waals surface area contributed by atoms with Crippen LogP contribution in [-0.4, -0.2) is 19.2 Å². The summed E-state index contributed by atoms with van der Waals surface area (Å²) < 4.78 is 0.876. The van der Waals surface area contributed by atoms with Gasteiger partial charge in [0.05, 0.1) is 0 Å². The summed E-state index contributed by atoms with van der Waals surface area (Å²) in [6, 6.07) is 5.01. The zero-order valence-corrected chi connectivity index (χ0v) is 9.16. The zero-order valence-electron chi connectivity index (χ0n) is 7.00. The normalized spacial score (nSPS) is 9.38. The van der Waals surface area contributed by atoms with Crippen molar-refractivity contribution in [2.24, 2.45) is 0 Å². The number of hydrogen-bond acceptors (Lipinski definition) is 2. The lowest BCUT2D eigenvalue weighted by atomic mass is 10.1. The summed E-state index contributed by atoms with van der Waals surface area (Å²) in [5.41, 5.74) is 1.03. The molecular weight excluding hydrogens is 281 g/mol. The molecule has 0 bridgehead atoms. The highest BCUT2D eigenvalue weighted by Crippen LogP contribution is 2.11. The van der Waals surface area contributed by atoms with E-state index in [1.807, 2.05) is 0 Å². The van der Waals surface area contributed by atoms with Gasteiger partial charge in [0.1, 0.15) is 6.29 Å². The van der Waals surface area contributed by atoms with Gasteiger partial charge in [0.2, 0.25) is 0 Å². The predicted molar refractivity (Wildman–Crippen MR) is 57.9 cm³/mol. The van der Waals surface area contributed by atoms with Crippen molar-refractivity contribution in [2.45, 2.75) is 0 Å². The first kappa shape index (κ1) is 10.2. The van der Waals surface area contributed by atoms with Crippen LogP contribution in [-0.2, 0) is 0 Å². The van der Waals surface area contributed by atoms with Gasteiger partial charge in [-0.1, -0.05) is 0 Å². The lowest BCUT2D eigenvalue weighted by molar-refractivity contribution is 0.0963. The number of rotatable bonds is 2. The van der Waals surface area contributed by atoms with E-state index in [1.165, 1.54) is 0 Å². The fraction of sp³-hybridized carbons (Fsp3) is 0.111. The van der Waals surface area contributed by atoms with Crippen molar-refractivity contribution in [3.05, 3.63) is 32.9 Å². The van der Waals surface area contributed by atoms with Crippen LogP contribution in [0.4, 0.5) is 0 Å². The number of nitrogens with one attached hydrogen (secondary N) is 1. The molecule has 0 heterocycles. The number of amides is 1. The van der Waals surface area contributed by atoms with Crippen LogP contribution in [0.15, 0.2) is 18.2 Å². The molecule has 0 spiro atoms. The highest BCUT2D eigenvalue weighted by Gasteiger charge is 2.05. The summed E-state index contributed by atoms with van der Waals surface area (Å²) in [6.45, 7) is 0. The van der Waals surface area contributed by atoms with E-state index < -0.39 is 0 Å². The van der Waals surface area contributed by atoms with Gasteiger partial charge < -0.3 is 5.32 Å². The molecule has 68 valence electrons. The standard InChI is InChI=1S/C9H8INO2/c1-11-9(13)7-2-6(5-12)3-8(10)4-7/h2-5H,1H3,(H,11,13). The Morgan fingerprint density at radius 3 is 2.69 bits per heavy atom. The van der Waals surface area contributed by atoms with Gasteiger partial charge in [-0.25, -0.2) is 0 Å². The molecule has 0 fully saturated rings. The van der Waals surface area contributed by atoms with Crippen LogP contribution in [0.5, 0.6) is 0 Å². The molecule has 0 saturated heterocycles. The third kappa shape index (κ3) is 2.51. The average Bonchev–Trinajstić information content (AvgIpc) is 2.15. The molecule has 1 aromatic rings. The molecule has 0 saturated carbocycles. The first-order valence-corrected chi connectivity index (χ1v) is 4.73. The molecule has 4 heteroatoms. The van der Waals surface area contributed by atoms with Gasteiger partial charge in [-0.15, -0.1) is 0 Å². The van der Waals surface area contributed by atoms with Gasteiger partial charge in [0.15, 0.2) is 0 Å². The van der Waals surface area contributed by atoms with Gasteiger partial charge >= 0.3 is 0 Å². The second-order valence-corrected chi connectivity index (χ2v) is 3.72. The first-order valence-electron chi connectivity index (χ1n) is 3.65. The molecule has 0 radical (unpaired) electrons. The number of carbonyl (C=O) groups excluding carboxylic acids is 2. The second-order valence-electron chi connectivity index (χ2n) is 2.47. The minimum atomic E-state index is -0.179. The molecule has 0 aliphatic rings. The highest BCUT2D eigenvalue weighted by molar-refractivity contribution is 14.1. The Kier molecular flexibility index (Phi) is 3.41. The minimum absolute atomic E-state index is 0.179. The quantitative estimate of drug-likeness (QED) is 0.662. The molecule has 1 aromatic carbocycles. The van der Waals surface area contributed by atoms with E-state index in [-0.39, 0.29) is 5.91 Å². The molecule has 0 aromatic heterocycles. The zero-order chi connectivity index (χ0) is 9.84. The van der Waals surface area contributed by atoms with Gasteiger partial charge in [0, 0.05) is 21.7 Å². The molecular formula is C9H8INO2. The Hall–Kier alpha value is -0.910. The minimum Gasteiger partial charge on any atom is -0.355 e. The van der Waals surface area contributed by atoms with E-state index in [1.54, 1.807) is 25.2 Å². The first-order chi connectivity index (χ1) is 6.17. The Bertz CT molecular complexity index is 349. The van der Waals surface area contributed by atoms with Gasteiger partial charge in [-0.05, 0) is 40.8 Å². The van der Waals surface area contributed by atoms with E-state index in [2.05, 4.69) is 27.9 Å². The Labute approximate surface area is 89.7 Å². The van der Waals surface area contributed by atoms with E-state index >= 15 is 0 Å². The number of benzene rings is 1. The third-order valence-electron chi connectivity index (χ3n) is 1.55. The summed E-state index contributed by atoms with van der Waals surface area (Å²) >= 11 is 2.07. The van der Waals surface area contributed by atoms with E-state index in [0.717, 1.165) is 9.86 Å². The maximum absolute atomic E-state index is 11.2. The SMILES string of the molecule is CNC(=O)c1cc(I)cc(C=O)c1. The molecule has 1 rings (SSSR count). The maximum Gasteiger partial charge on any atom is 0.251 e. The van der Waals surface area contributed by atoms with Crippen molar-refractivity contribution in [1.82, 2.24) is 5.32 Å². The molecule has 0 atom stereocenters. The van der Waals surface area contributed by atoms with Crippen LogP contribution >= 0.6 is 22.6 Å². The number of carbonyl (C=O) groups is 2. The molecule has 1 amide bonds. The van der Waals surface area contributed by atoms with Gasteiger partial charge in [-0.3, -0.25) is 9.59 Å². The lowest BCUT2D eigenvalue weighted by Crippen LogP contribution is -2.18. The van der Waals surface area contributed by atoms with E-state index in [0.29, 0.717) is 11.1 Å². The number of halogens is 1. The van der Waals surface area contributed by atoms with Crippen LogP contribution in [0, 0.1) is 3.57 Å². The number of hydrogen-bond donors (Lipinski definition) is 1. The van der Waals surface area contributed by atoms with Crippen LogP contribution in [0.3, 0.4) is 0 Å². The van der Waals surface area contributed by atoms with Crippen molar-refractivity contribution < 1.29 is 9.59 Å². The summed E-state index contributed by atoms with van der Waals surface area (Å²) in [5, 5.41) is 2.50. The lowest BCUT2D eigenvalue weighted by Gasteiger charge is -2.01. The second kappa shape index (κ2) is 4.36. The molecule has 0 unspecified atom stereocenters. The number of aldehydes is 1. The monoisotopic (exact) mass is 289 g/mol. The summed E-state index contributed by atoms with van der Waals surface area (Å²) in [7, 11) is 1.56. The summed E-state index contributed by atoms with van der Waals surface area (Å²) in [5.74, 6) is -0.179. The third-order valence-corrected chi connectivity index (χ3v) is 2.17. The van der Waals surface area contributed by atoms with Crippen molar-refractivity contribution in [3.8, 4) is 0 Å². The Morgan fingerprint density at radius 1 is 1.46 bits per heavy atom. The van der Waals surface area contributed by atoms with Gasteiger partial charge in [-0.2, -0.15) is 0 Å².